The summed E-state index contributed by atoms with van der Waals surface area (Å²) in [5, 5.41) is 3.43. The Bertz CT molecular complexity index is 548. The topological polar surface area (TPSA) is 62.3 Å². The van der Waals surface area contributed by atoms with Crippen LogP contribution in [-0.4, -0.2) is 48.4 Å². The molecule has 118 valence electrons. The molecule has 1 aromatic heterocycles. The zero-order valence-electron chi connectivity index (χ0n) is 13.1. The summed E-state index contributed by atoms with van der Waals surface area (Å²) in [6.45, 7) is 9.16. The summed E-state index contributed by atoms with van der Waals surface area (Å²) in [5.74, 6) is 0.529. The fourth-order valence-electron chi connectivity index (χ4n) is 2.16. The number of hydrogen-bond donors (Lipinski definition) is 1. The van der Waals surface area contributed by atoms with Gasteiger partial charge < -0.3 is 5.32 Å². The Morgan fingerprint density at radius 3 is 2.43 bits per heavy atom. The number of nitrogens with one attached hydrogen (secondary N) is 1. The number of hydrogen-bond acceptors (Lipinski definition) is 5. The Morgan fingerprint density at radius 1 is 1.24 bits per heavy atom. The Morgan fingerprint density at radius 2 is 1.90 bits per heavy atom. The highest BCUT2D eigenvalue weighted by atomic mass is 32.2. The first-order valence-electron chi connectivity index (χ1n) is 7.35. The fourth-order valence-corrected chi connectivity index (χ4v) is 3.43. The van der Waals surface area contributed by atoms with E-state index in [-0.39, 0.29) is 17.0 Å². The summed E-state index contributed by atoms with van der Waals surface area (Å²) in [6, 6.07) is 4.12. The van der Waals surface area contributed by atoms with Gasteiger partial charge in [-0.3, -0.25) is 9.88 Å². The van der Waals surface area contributed by atoms with Gasteiger partial charge in [0.25, 0.3) is 0 Å². The molecule has 0 saturated carbocycles. The lowest BCUT2D eigenvalue weighted by atomic mass is 10.1. The van der Waals surface area contributed by atoms with Crippen molar-refractivity contribution in [1.82, 2.24) is 15.2 Å². The first kappa shape index (κ1) is 16.4. The predicted molar refractivity (Wildman–Crippen MR) is 84.8 cm³/mol. The van der Waals surface area contributed by atoms with E-state index in [9.17, 15) is 8.42 Å². The minimum absolute atomic E-state index is 0.0952. The van der Waals surface area contributed by atoms with Gasteiger partial charge in [-0.1, -0.05) is 6.07 Å². The second kappa shape index (κ2) is 6.42. The van der Waals surface area contributed by atoms with E-state index >= 15 is 0 Å². The molecule has 0 aromatic carbocycles. The normalized spacial score (nSPS) is 19.6. The smallest absolute Gasteiger partial charge is 0.152 e. The highest BCUT2D eigenvalue weighted by molar-refractivity contribution is 7.91. The van der Waals surface area contributed by atoms with E-state index in [0.717, 1.165) is 24.3 Å². The van der Waals surface area contributed by atoms with Crippen LogP contribution in [0, 0.1) is 0 Å². The van der Waals surface area contributed by atoms with Crippen molar-refractivity contribution in [3.05, 3.63) is 29.6 Å². The maximum absolute atomic E-state index is 11.4. The van der Waals surface area contributed by atoms with Crippen LogP contribution in [-0.2, 0) is 22.9 Å². The van der Waals surface area contributed by atoms with Gasteiger partial charge >= 0.3 is 0 Å². The van der Waals surface area contributed by atoms with Crippen molar-refractivity contribution >= 4 is 9.84 Å². The van der Waals surface area contributed by atoms with E-state index in [0.29, 0.717) is 13.1 Å². The molecular formula is C15H25N3O2S. The fraction of sp³-hybridized carbons (Fsp3) is 0.667. The molecule has 0 atom stereocenters. The predicted octanol–water partition coefficient (Wildman–Crippen LogP) is 1.20. The Labute approximate surface area is 127 Å². The van der Waals surface area contributed by atoms with Gasteiger partial charge in [-0.2, -0.15) is 0 Å². The second-order valence-corrected chi connectivity index (χ2v) is 8.99. The minimum Gasteiger partial charge on any atom is -0.308 e. The van der Waals surface area contributed by atoms with E-state index in [1.807, 2.05) is 12.3 Å². The van der Waals surface area contributed by atoms with Crippen LogP contribution in [0.25, 0.3) is 0 Å². The monoisotopic (exact) mass is 311 g/mol. The molecule has 5 nitrogen and oxygen atoms in total. The molecule has 1 aliphatic rings. The molecule has 1 saturated heterocycles. The third kappa shape index (κ3) is 5.73. The maximum Gasteiger partial charge on any atom is 0.152 e. The van der Waals surface area contributed by atoms with Gasteiger partial charge in [0.1, 0.15) is 0 Å². The number of rotatable bonds is 4. The van der Waals surface area contributed by atoms with Crippen LogP contribution >= 0.6 is 0 Å². The van der Waals surface area contributed by atoms with Gasteiger partial charge in [-0.25, -0.2) is 8.42 Å². The Kier molecular flexibility index (Phi) is 5.01. The molecular weight excluding hydrogens is 286 g/mol. The molecule has 1 aliphatic heterocycles. The van der Waals surface area contributed by atoms with Gasteiger partial charge in [0.15, 0.2) is 9.84 Å². The van der Waals surface area contributed by atoms with Crippen molar-refractivity contribution in [1.29, 1.82) is 0 Å². The number of sulfone groups is 1. The Hall–Kier alpha value is -0.980. The highest BCUT2D eigenvalue weighted by Crippen LogP contribution is 2.09. The van der Waals surface area contributed by atoms with E-state index in [2.05, 4.69) is 42.0 Å². The van der Waals surface area contributed by atoms with E-state index in [1.165, 1.54) is 0 Å². The molecule has 0 aliphatic carbocycles. The lowest BCUT2D eigenvalue weighted by Crippen LogP contribution is -2.39. The summed E-state index contributed by atoms with van der Waals surface area (Å²) in [6.07, 6.45) is 1.90. The molecule has 0 bridgehead atoms. The highest BCUT2D eigenvalue weighted by Gasteiger charge is 2.21. The minimum atomic E-state index is -2.81. The molecule has 2 rings (SSSR count). The standard InChI is InChI=1S/C15H25N3O2S/c1-15(2,3)17-11-13-4-5-14(16-10-13)12-18-6-8-21(19,20)9-7-18/h4-5,10,17H,6-9,11-12H2,1-3H3. The molecule has 1 aromatic rings. The summed E-state index contributed by atoms with van der Waals surface area (Å²) >= 11 is 0. The first-order chi connectivity index (χ1) is 9.73. The summed E-state index contributed by atoms with van der Waals surface area (Å²) in [4.78, 5) is 6.63. The molecule has 0 spiro atoms. The summed E-state index contributed by atoms with van der Waals surface area (Å²) < 4.78 is 22.8. The lowest BCUT2D eigenvalue weighted by molar-refractivity contribution is 0.284. The molecule has 0 radical (unpaired) electrons. The lowest BCUT2D eigenvalue weighted by Gasteiger charge is -2.26. The van der Waals surface area contributed by atoms with Crippen LogP contribution in [0.3, 0.4) is 0 Å². The number of nitrogens with zero attached hydrogens (tertiary/aromatic N) is 2. The quantitative estimate of drug-likeness (QED) is 0.905. The van der Waals surface area contributed by atoms with E-state index in [4.69, 9.17) is 0 Å². The van der Waals surface area contributed by atoms with Crippen molar-refractivity contribution in [2.45, 2.75) is 39.4 Å². The molecule has 1 N–H and O–H groups in total. The van der Waals surface area contributed by atoms with Gasteiger partial charge in [0.2, 0.25) is 0 Å². The molecule has 6 heteroatoms. The van der Waals surface area contributed by atoms with Crippen LogP contribution in [0.4, 0.5) is 0 Å². The molecule has 1 fully saturated rings. The van der Waals surface area contributed by atoms with Crippen LogP contribution < -0.4 is 5.32 Å². The molecule has 21 heavy (non-hydrogen) atoms. The zero-order valence-corrected chi connectivity index (χ0v) is 13.9. The third-order valence-corrected chi connectivity index (χ3v) is 5.14. The Balaban J connectivity index is 1.85. The second-order valence-electron chi connectivity index (χ2n) is 6.69. The maximum atomic E-state index is 11.4. The molecule has 0 amide bonds. The van der Waals surface area contributed by atoms with Crippen LogP contribution in [0.5, 0.6) is 0 Å². The first-order valence-corrected chi connectivity index (χ1v) is 9.17. The van der Waals surface area contributed by atoms with Crippen molar-refractivity contribution in [3.63, 3.8) is 0 Å². The average Bonchev–Trinajstić information content (AvgIpc) is 2.40. The van der Waals surface area contributed by atoms with Gasteiger partial charge in [-0.15, -0.1) is 0 Å². The summed E-state index contributed by atoms with van der Waals surface area (Å²) in [7, 11) is -2.81. The van der Waals surface area contributed by atoms with Gasteiger partial charge in [-0.05, 0) is 32.4 Å². The molecule has 0 unspecified atom stereocenters. The van der Waals surface area contributed by atoms with Crippen LogP contribution in [0.15, 0.2) is 18.3 Å². The van der Waals surface area contributed by atoms with Crippen molar-refractivity contribution in [2.75, 3.05) is 24.6 Å². The number of aromatic nitrogens is 1. The largest absolute Gasteiger partial charge is 0.308 e. The van der Waals surface area contributed by atoms with Crippen LogP contribution in [0.1, 0.15) is 32.0 Å². The van der Waals surface area contributed by atoms with Crippen molar-refractivity contribution < 1.29 is 8.42 Å². The van der Waals surface area contributed by atoms with Crippen molar-refractivity contribution in [3.8, 4) is 0 Å². The van der Waals surface area contributed by atoms with E-state index < -0.39 is 9.84 Å². The molecule has 2 heterocycles. The van der Waals surface area contributed by atoms with Gasteiger partial charge in [0, 0.05) is 37.9 Å². The third-order valence-electron chi connectivity index (χ3n) is 3.53. The number of pyridine rings is 1. The van der Waals surface area contributed by atoms with Crippen LogP contribution in [0.2, 0.25) is 0 Å². The van der Waals surface area contributed by atoms with Crippen molar-refractivity contribution in [2.24, 2.45) is 0 Å². The van der Waals surface area contributed by atoms with E-state index in [1.54, 1.807) is 0 Å². The SMILES string of the molecule is CC(C)(C)NCc1ccc(CN2CCS(=O)(=O)CC2)nc1. The zero-order chi connectivity index (χ0) is 15.5. The van der Waals surface area contributed by atoms with Gasteiger partial charge in [0.05, 0.1) is 17.2 Å². The summed E-state index contributed by atoms with van der Waals surface area (Å²) in [5.41, 5.74) is 2.25. The average molecular weight is 311 g/mol.